The van der Waals surface area contributed by atoms with E-state index in [-0.39, 0.29) is 5.41 Å². The van der Waals surface area contributed by atoms with Gasteiger partial charge in [-0.15, -0.1) is 11.6 Å². The molecule has 1 saturated carbocycles. The molecule has 1 aromatic rings. The van der Waals surface area contributed by atoms with Gasteiger partial charge in [-0.05, 0) is 31.0 Å². The van der Waals surface area contributed by atoms with Gasteiger partial charge in [0, 0.05) is 16.9 Å². The molecule has 0 heterocycles. The van der Waals surface area contributed by atoms with Crippen LogP contribution in [0.1, 0.15) is 31.2 Å². The van der Waals surface area contributed by atoms with E-state index >= 15 is 0 Å². The van der Waals surface area contributed by atoms with Gasteiger partial charge in [-0.1, -0.05) is 12.8 Å². The van der Waals surface area contributed by atoms with Crippen LogP contribution in [0.25, 0.3) is 0 Å². The maximum Gasteiger partial charge on any atom is 0.122 e. The molecule has 0 atom stereocenters. The summed E-state index contributed by atoms with van der Waals surface area (Å²) < 4.78 is 10.8. The van der Waals surface area contributed by atoms with E-state index in [0.29, 0.717) is 5.88 Å². The monoisotopic (exact) mass is 254 g/mol. The Hall–Kier alpha value is -0.890. The van der Waals surface area contributed by atoms with Crippen LogP contribution in [0.15, 0.2) is 18.2 Å². The molecule has 0 N–H and O–H groups in total. The minimum absolute atomic E-state index is 0.0709. The Labute approximate surface area is 108 Å². The van der Waals surface area contributed by atoms with E-state index in [4.69, 9.17) is 21.1 Å². The molecule has 0 aromatic heterocycles. The zero-order chi connectivity index (χ0) is 12.3. The van der Waals surface area contributed by atoms with E-state index in [2.05, 4.69) is 6.07 Å². The third-order valence-corrected chi connectivity index (χ3v) is 4.31. The Morgan fingerprint density at radius 1 is 1.18 bits per heavy atom. The summed E-state index contributed by atoms with van der Waals surface area (Å²) in [5.41, 5.74) is 1.27. The van der Waals surface area contributed by atoms with Crippen LogP contribution < -0.4 is 9.47 Å². The first-order valence-electron chi connectivity index (χ1n) is 6.04. The van der Waals surface area contributed by atoms with Gasteiger partial charge in [0.2, 0.25) is 0 Å². The summed E-state index contributed by atoms with van der Waals surface area (Å²) in [6, 6.07) is 5.98. The van der Waals surface area contributed by atoms with Gasteiger partial charge in [0.1, 0.15) is 11.5 Å². The lowest BCUT2D eigenvalue weighted by Crippen LogP contribution is -2.24. The Morgan fingerprint density at radius 2 is 1.88 bits per heavy atom. The van der Waals surface area contributed by atoms with E-state index < -0.39 is 0 Å². The fraction of sp³-hybridized carbons (Fsp3) is 0.571. The van der Waals surface area contributed by atoms with Crippen LogP contribution in [0.3, 0.4) is 0 Å². The van der Waals surface area contributed by atoms with Gasteiger partial charge in [0.15, 0.2) is 0 Å². The Kier molecular flexibility index (Phi) is 3.82. The maximum atomic E-state index is 6.23. The van der Waals surface area contributed by atoms with Crippen LogP contribution in [0, 0.1) is 0 Å². The number of ether oxygens (including phenoxy) is 2. The molecule has 2 nitrogen and oxygen atoms in total. The lowest BCUT2D eigenvalue weighted by Gasteiger charge is -2.29. The highest BCUT2D eigenvalue weighted by atomic mass is 35.5. The van der Waals surface area contributed by atoms with Crippen molar-refractivity contribution in [2.45, 2.75) is 31.1 Å². The molecule has 1 aromatic carbocycles. The second-order valence-corrected chi connectivity index (χ2v) is 4.95. The third-order valence-electron chi connectivity index (χ3n) is 3.79. The van der Waals surface area contributed by atoms with Gasteiger partial charge in [-0.3, -0.25) is 0 Å². The molecular formula is C14H19ClO2. The lowest BCUT2D eigenvalue weighted by atomic mass is 9.80. The van der Waals surface area contributed by atoms with Gasteiger partial charge in [0.25, 0.3) is 0 Å². The Morgan fingerprint density at radius 3 is 2.41 bits per heavy atom. The number of hydrogen-bond donors (Lipinski definition) is 0. The predicted molar refractivity (Wildman–Crippen MR) is 70.4 cm³/mol. The van der Waals surface area contributed by atoms with Crippen molar-refractivity contribution in [2.75, 3.05) is 20.1 Å². The molecule has 94 valence electrons. The molecular weight excluding hydrogens is 236 g/mol. The molecule has 17 heavy (non-hydrogen) atoms. The van der Waals surface area contributed by atoms with Crippen molar-refractivity contribution in [3.8, 4) is 11.5 Å². The fourth-order valence-corrected chi connectivity index (χ4v) is 3.17. The number of halogens is 1. The van der Waals surface area contributed by atoms with Crippen molar-refractivity contribution in [1.82, 2.24) is 0 Å². The second kappa shape index (κ2) is 5.18. The SMILES string of the molecule is COc1ccc(OC)c(C2(CCl)CCCC2)c1. The molecule has 1 aliphatic rings. The molecule has 0 aliphatic heterocycles. The summed E-state index contributed by atoms with van der Waals surface area (Å²) in [5.74, 6) is 2.45. The van der Waals surface area contributed by atoms with Crippen LogP contribution in [0.2, 0.25) is 0 Å². The number of rotatable bonds is 4. The molecule has 0 saturated heterocycles. The third kappa shape index (κ3) is 2.23. The van der Waals surface area contributed by atoms with Gasteiger partial charge >= 0.3 is 0 Å². The number of methoxy groups -OCH3 is 2. The highest BCUT2D eigenvalue weighted by molar-refractivity contribution is 6.18. The molecule has 0 spiro atoms. The molecule has 2 rings (SSSR count). The molecule has 1 fully saturated rings. The van der Waals surface area contributed by atoms with Gasteiger partial charge in [-0.2, -0.15) is 0 Å². The second-order valence-electron chi connectivity index (χ2n) is 4.69. The average Bonchev–Trinajstić information content (AvgIpc) is 2.88. The topological polar surface area (TPSA) is 18.5 Å². The summed E-state index contributed by atoms with van der Waals surface area (Å²) in [7, 11) is 3.40. The molecule has 0 bridgehead atoms. The first kappa shape index (κ1) is 12.6. The minimum atomic E-state index is 0.0709. The smallest absolute Gasteiger partial charge is 0.122 e. The van der Waals surface area contributed by atoms with E-state index in [0.717, 1.165) is 24.3 Å². The van der Waals surface area contributed by atoms with Crippen molar-refractivity contribution >= 4 is 11.6 Å². The largest absolute Gasteiger partial charge is 0.497 e. The van der Waals surface area contributed by atoms with E-state index in [1.807, 2.05) is 12.1 Å². The molecule has 0 amide bonds. The van der Waals surface area contributed by atoms with Crippen LogP contribution >= 0.6 is 11.6 Å². The highest BCUT2D eigenvalue weighted by Crippen LogP contribution is 2.46. The summed E-state index contributed by atoms with van der Waals surface area (Å²) >= 11 is 6.23. The van der Waals surface area contributed by atoms with Crippen molar-refractivity contribution in [2.24, 2.45) is 0 Å². The highest BCUT2D eigenvalue weighted by Gasteiger charge is 2.37. The van der Waals surface area contributed by atoms with Crippen molar-refractivity contribution in [3.05, 3.63) is 23.8 Å². The van der Waals surface area contributed by atoms with Crippen LogP contribution in [-0.4, -0.2) is 20.1 Å². The van der Waals surface area contributed by atoms with Gasteiger partial charge in [-0.25, -0.2) is 0 Å². The quantitative estimate of drug-likeness (QED) is 0.762. The van der Waals surface area contributed by atoms with E-state index in [1.54, 1.807) is 14.2 Å². The molecule has 0 unspecified atom stereocenters. The zero-order valence-electron chi connectivity index (χ0n) is 10.5. The number of benzene rings is 1. The lowest BCUT2D eigenvalue weighted by molar-refractivity contribution is 0.379. The van der Waals surface area contributed by atoms with Gasteiger partial charge in [0.05, 0.1) is 14.2 Å². The Balaban J connectivity index is 2.46. The van der Waals surface area contributed by atoms with Gasteiger partial charge < -0.3 is 9.47 Å². The van der Waals surface area contributed by atoms with Crippen LogP contribution in [0.5, 0.6) is 11.5 Å². The summed E-state index contributed by atoms with van der Waals surface area (Å²) in [6.07, 6.45) is 4.76. The predicted octanol–water partition coefficient (Wildman–Crippen LogP) is 3.75. The summed E-state index contributed by atoms with van der Waals surface area (Å²) in [6.45, 7) is 0. The summed E-state index contributed by atoms with van der Waals surface area (Å²) in [4.78, 5) is 0. The first-order chi connectivity index (χ1) is 8.25. The van der Waals surface area contributed by atoms with Crippen molar-refractivity contribution in [1.29, 1.82) is 0 Å². The van der Waals surface area contributed by atoms with E-state index in [1.165, 1.54) is 18.4 Å². The Bertz CT molecular complexity index is 384. The minimum Gasteiger partial charge on any atom is -0.497 e. The molecule has 0 radical (unpaired) electrons. The average molecular weight is 255 g/mol. The van der Waals surface area contributed by atoms with Crippen molar-refractivity contribution in [3.63, 3.8) is 0 Å². The van der Waals surface area contributed by atoms with E-state index in [9.17, 15) is 0 Å². The number of alkyl halides is 1. The normalized spacial score (nSPS) is 18.1. The first-order valence-corrected chi connectivity index (χ1v) is 6.58. The zero-order valence-corrected chi connectivity index (χ0v) is 11.2. The number of hydrogen-bond acceptors (Lipinski definition) is 2. The fourth-order valence-electron chi connectivity index (χ4n) is 2.76. The maximum absolute atomic E-state index is 6.23. The van der Waals surface area contributed by atoms with Crippen molar-refractivity contribution < 1.29 is 9.47 Å². The molecule has 3 heteroatoms. The van der Waals surface area contributed by atoms with Crippen LogP contribution in [0.4, 0.5) is 0 Å². The molecule has 1 aliphatic carbocycles. The standard InChI is InChI=1S/C14H19ClO2/c1-16-11-5-6-13(17-2)12(9-11)14(10-15)7-3-4-8-14/h5-6,9H,3-4,7-8,10H2,1-2H3. The van der Waals surface area contributed by atoms with Crippen LogP contribution in [-0.2, 0) is 5.41 Å². The summed E-state index contributed by atoms with van der Waals surface area (Å²) in [5, 5.41) is 0.